The third-order valence-electron chi connectivity index (χ3n) is 4.16. The number of guanidine groups is 1. The normalized spacial score (nSPS) is 23.4. The molecule has 0 spiro atoms. The molecule has 1 amide bonds. The summed E-state index contributed by atoms with van der Waals surface area (Å²) in [6.45, 7) is 12.1. The molecule has 1 heterocycles. The Labute approximate surface area is 129 Å². The van der Waals surface area contributed by atoms with Gasteiger partial charge in [-0.25, -0.2) is 4.99 Å². The van der Waals surface area contributed by atoms with E-state index in [0.717, 1.165) is 31.5 Å². The molecular formula is C16H32N4O. The van der Waals surface area contributed by atoms with Crippen LogP contribution in [0.3, 0.4) is 0 Å². The monoisotopic (exact) mass is 296 g/mol. The van der Waals surface area contributed by atoms with Crippen molar-refractivity contribution in [3.05, 3.63) is 0 Å². The maximum absolute atomic E-state index is 11.8. The Bertz CT molecular complexity index is 365. The average Bonchev–Trinajstić information content (AvgIpc) is 2.41. The number of likely N-dealkylation sites (N-methyl/N-ethyl adjacent to an activating group) is 1. The van der Waals surface area contributed by atoms with Crippen molar-refractivity contribution in [3.8, 4) is 0 Å². The van der Waals surface area contributed by atoms with Crippen LogP contribution in [0.4, 0.5) is 0 Å². The van der Waals surface area contributed by atoms with Gasteiger partial charge >= 0.3 is 0 Å². The molecule has 0 bridgehead atoms. The van der Waals surface area contributed by atoms with E-state index in [1.807, 2.05) is 0 Å². The van der Waals surface area contributed by atoms with Crippen LogP contribution in [0.15, 0.2) is 4.99 Å². The summed E-state index contributed by atoms with van der Waals surface area (Å²) < 4.78 is 0. The molecule has 0 aliphatic carbocycles. The van der Waals surface area contributed by atoms with Gasteiger partial charge in [0.2, 0.25) is 5.91 Å². The van der Waals surface area contributed by atoms with Gasteiger partial charge in [0.1, 0.15) is 6.54 Å². The minimum absolute atomic E-state index is 0.0391. The SMILES string of the molecule is CC(C)CNC(=NCC(=O)N(C)C)N1CCC(C)C(C)C1. The highest BCUT2D eigenvalue weighted by Crippen LogP contribution is 2.22. The molecule has 1 N–H and O–H groups in total. The first-order chi connectivity index (χ1) is 9.81. The lowest BCUT2D eigenvalue weighted by Crippen LogP contribution is -2.49. The van der Waals surface area contributed by atoms with Gasteiger partial charge in [0, 0.05) is 33.7 Å². The quantitative estimate of drug-likeness (QED) is 0.634. The number of aliphatic imine (C=N–C) groups is 1. The molecule has 0 aromatic carbocycles. The van der Waals surface area contributed by atoms with Gasteiger partial charge < -0.3 is 15.1 Å². The van der Waals surface area contributed by atoms with Gasteiger partial charge in [0.05, 0.1) is 0 Å². The van der Waals surface area contributed by atoms with E-state index in [2.05, 4.69) is 42.9 Å². The summed E-state index contributed by atoms with van der Waals surface area (Å²) in [4.78, 5) is 20.2. The van der Waals surface area contributed by atoms with Crippen LogP contribution in [0.25, 0.3) is 0 Å². The van der Waals surface area contributed by atoms with Crippen molar-refractivity contribution in [2.45, 2.75) is 34.1 Å². The highest BCUT2D eigenvalue weighted by Gasteiger charge is 2.25. The van der Waals surface area contributed by atoms with Crippen molar-refractivity contribution in [2.75, 3.05) is 40.3 Å². The first-order valence-electron chi connectivity index (χ1n) is 8.04. The van der Waals surface area contributed by atoms with Gasteiger partial charge in [-0.05, 0) is 24.2 Å². The van der Waals surface area contributed by atoms with Gasteiger partial charge in [-0.1, -0.05) is 27.7 Å². The zero-order valence-electron chi connectivity index (χ0n) is 14.5. The molecule has 2 atom stereocenters. The molecule has 1 aliphatic rings. The number of amides is 1. The van der Waals surface area contributed by atoms with Gasteiger partial charge in [-0.2, -0.15) is 0 Å². The van der Waals surface area contributed by atoms with Gasteiger partial charge in [0.15, 0.2) is 5.96 Å². The maximum atomic E-state index is 11.8. The number of nitrogens with one attached hydrogen (secondary N) is 1. The second-order valence-corrected chi connectivity index (χ2v) is 6.89. The molecule has 0 aromatic heterocycles. The van der Waals surface area contributed by atoms with Crippen LogP contribution in [-0.4, -0.2) is 61.9 Å². The molecule has 5 nitrogen and oxygen atoms in total. The number of carbonyl (C=O) groups excluding carboxylic acids is 1. The topological polar surface area (TPSA) is 47.9 Å². The molecule has 0 saturated carbocycles. The van der Waals surface area contributed by atoms with E-state index < -0.39 is 0 Å². The average molecular weight is 296 g/mol. The van der Waals surface area contributed by atoms with E-state index in [1.54, 1.807) is 19.0 Å². The predicted molar refractivity (Wildman–Crippen MR) is 88.4 cm³/mol. The van der Waals surface area contributed by atoms with Crippen molar-refractivity contribution in [1.82, 2.24) is 15.1 Å². The van der Waals surface area contributed by atoms with E-state index in [-0.39, 0.29) is 12.5 Å². The Hall–Kier alpha value is -1.26. The summed E-state index contributed by atoms with van der Waals surface area (Å²) in [5, 5.41) is 3.42. The lowest BCUT2D eigenvalue weighted by atomic mass is 9.89. The van der Waals surface area contributed by atoms with Crippen molar-refractivity contribution in [3.63, 3.8) is 0 Å². The van der Waals surface area contributed by atoms with E-state index >= 15 is 0 Å². The van der Waals surface area contributed by atoms with E-state index in [0.29, 0.717) is 11.8 Å². The molecule has 1 saturated heterocycles. The van der Waals surface area contributed by atoms with E-state index in [9.17, 15) is 4.79 Å². The van der Waals surface area contributed by atoms with Crippen molar-refractivity contribution in [2.24, 2.45) is 22.7 Å². The number of nitrogens with zero attached hydrogens (tertiary/aromatic N) is 3. The fourth-order valence-corrected chi connectivity index (χ4v) is 2.30. The Morgan fingerprint density at radius 1 is 1.33 bits per heavy atom. The lowest BCUT2D eigenvalue weighted by molar-refractivity contribution is -0.127. The van der Waals surface area contributed by atoms with Crippen LogP contribution >= 0.6 is 0 Å². The number of hydrogen-bond acceptors (Lipinski definition) is 2. The highest BCUT2D eigenvalue weighted by molar-refractivity contribution is 5.84. The molecular weight excluding hydrogens is 264 g/mol. The molecule has 122 valence electrons. The number of hydrogen-bond donors (Lipinski definition) is 1. The minimum Gasteiger partial charge on any atom is -0.356 e. The summed E-state index contributed by atoms with van der Waals surface area (Å²) in [6, 6.07) is 0. The predicted octanol–water partition coefficient (Wildman–Crippen LogP) is 1.65. The second-order valence-electron chi connectivity index (χ2n) is 6.89. The minimum atomic E-state index is 0.0391. The number of piperidine rings is 1. The highest BCUT2D eigenvalue weighted by atomic mass is 16.2. The Balaban J connectivity index is 2.71. The number of likely N-dealkylation sites (tertiary alicyclic amines) is 1. The van der Waals surface area contributed by atoms with Gasteiger partial charge in [-0.15, -0.1) is 0 Å². The molecule has 0 aromatic rings. The summed E-state index contributed by atoms with van der Waals surface area (Å²) in [5.74, 6) is 2.90. The molecule has 0 radical (unpaired) electrons. The fraction of sp³-hybridized carbons (Fsp3) is 0.875. The molecule has 2 unspecified atom stereocenters. The van der Waals surface area contributed by atoms with Crippen molar-refractivity contribution < 1.29 is 4.79 Å². The molecule has 21 heavy (non-hydrogen) atoms. The number of carbonyl (C=O) groups is 1. The zero-order valence-corrected chi connectivity index (χ0v) is 14.5. The summed E-state index contributed by atoms with van der Waals surface area (Å²) in [5.41, 5.74) is 0. The lowest BCUT2D eigenvalue weighted by Gasteiger charge is -2.37. The largest absolute Gasteiger partial charge is 0.356 e. The third-order valence-corrected chi connectivity index (χ3v) is 4.16. The molecule has 1 rings (SSSR count). The molecule has 5 heteroatoms. The van der Waals surface area contributed by atoms with Gasteiger partial charge in [-0.3, -0.25) is 4.79 Å². The molecule has 1 aliphatic heterocycles. The summed E-state index contributed by atoms with van der Waals surface area (Å²) in [7, 11) is 3.54. The van der Waals surface area contributed by atoms with Crippen LogP contribution in [-0.2, 0) is 4.79 Å². The zero-order chi connectivity index (χ0) is 16.0. The van der Waals surface area contributed by atoms with E-state index in [4.69, 9.17) is 0 Å². The molecule has 1 fully saturated rings. The standard InChI is InChI=1S/C16H32N4O/c1-12(2)9-17-16(18-10-15(21)19(5)6)20-8-7-13(3)14(4)11-20/h12-14H,7-11H2,1-6H3,(H,17,18). The van der Waals surface area contributed by atoms with Crippen LogP contribution in [0, 0.1) is 17.8 Å². The van der Waals surface area contributed by atoms with Crippen LogP contribution < -0.4 is 5.32 Å². The fourth-order valence-electron chi connectivity index (χ4n) is 2.30. The smallest absolute Gasteiger partial charge is 0.243 e. The number of rotatable bonds is 4. The Morgan fingerprint density at radius 3 is 2.52 bits per heavy atom. The van der Waals surface area contributed by atoms with Crippen molar-refractivity contribution >= 4 is 11.9 Å². The Morgan fingerprint density at radius 2 is 2.00 bits per heavy atom. The maximum Gasteiger partial charge on any atom is 0.243 e. The van der Waals surface area contributed by atoms with Crippen LogP contribution in [0.5, 0.6) is 0 Å². The van der Waals surface area contributed by atoms with Crippen LogP contribution in [0.1, 0.15) is 34.1 Å². The van der Waals surface area contributed by atoms with Crippen LogP contribution in [0.2, 0.25) is 0 Å². The first kappa shape index (κ1) is 17.8. The van der Waals surface area contributed by atoms with Crippen molar-refractivity contribution in [1.29, 1.82) is 0 Å². The Kier molecular flexibility index (Phi) is 6.99. The second kappa shape index (κ2) is 8.25. The van der Waals surface area contributed by atoms with E-state index in [1.165, 1.54) is 6.42 Å². The summed E-state index contributed by atoms with van der Waals surface area (Å²) >= 11 is 0. The summed E-state index contributed by atoms with van der Waals surface area (Å²) in [6.07, 6.45) is 1.19. The first-order valence-corrected chi connectivity index (χ1v) is 8.04. The third kappa shape index (κ3) is 5.94. The van der Waals surface area contributed by atoms with Gasteiger partial charge in [0.25, 0.3) is 0 Å².